The molecule has 0 aromatic heterocycles. The van der Waals surface area contributed by atoms with Crippen LogP contribution >= 0.6 is 0 Å². The number of benzene rings is 2. The van der Waals surface area contributed by atoms with Gasteiger partial charge in [0.15, 0.2) is 5.75 Å². The molecule has 2 aromatic carbocycles. The number of primary amides is 1. The predicted molar refractivity (Wildman–Crippen MR) is 81.9 cm³/mol. The van der Waals surface area contributed by atoms with Gasteiger partial charge in [-0.1, -0.05) is 0 Å². The second kappa shape index (κ2) is 5.75. The van der Waals surface area contributed by atoms with E-state index in [-0.39, 0.29) is 0 Å². The second-order valence-electron chi connectivity index (χ2n) is 4.81. The SMILES string of the molecule is COc1ccc(Oc2c(C)cc(C(N)=O)cc2C)c(N)c1. The van der Waals surface area contributed by atoms with Gasteiger partial charge in [-0.3, -0.25) is 4.79 Å². The Morgan fingerprint density at radius 2 is 1.71 bits per heavy atom. The van der Waals surface area contributed by atoms with E-state index in [1.54, 1.807) is 37.4 Å². The number of carbonyl (C=O) groups excluding carboxylic acids is 1. The van der Waals surface area contributed by atoms with Crippen molar-refractivity contribution in [1.29, 1.82) is 0 Å². The first kappa shape index (κ1) is 14.7. The molecule has 0 heterocycles. The van der Waals surface area contributed by atoms with E-state index < -0.39 is 5.91 Å². The van der Waals surface area contributed by atoms with Gasteiger partial charge in [0.05, 0.1) is 12.8 Å². The molecule has 110 valence electrons. The zero-order chi connectivity index (χ0) is 15.6. The van der Waals surface area contributed by atoms with Crippen molar-refractivity contribution in [3.63, 3.8) is 0 Å². The first-order chi connectivity index (χ1) is 9.92. The smallest absolute Gasteiger partial charge is 0.248 e. The summed E-state index contributed by atoms with van der Waals surface area (Å²) in [6, 6.07) is 8.61. The van der Waals surface area contributed by atoms with Crippen LogP contribution in [0.4, 0.5) is 5.69 Å². The van der Waals surface area contributed by atoms with E-state index in [1.807, 2.05) is 13.8 Å². The van der Waals surface area contributed by atoms with Crippen molar-refractivity contribution in [3.8, 4) is 17.2 Å². The van der Waals surface area contributed by atoms with Crippen LogP contribution in [0.3, 0.4) is 0 Å². The maximum atomic E-state index is 11.2. The molecule has 4 N–H and O–H groups in total. The molecule has 0 saturated heterocycles. The Morgan fingerprint density at radius 1 is 1.10 bits per heavy atom. The van der Waals surface area contributed by atoms with Gasteiger partial charge in [0.2, 0.25) is 5.91 Å². The Balaban J connectivity index is 2.38. The molecule has 0 fully saturated rings. The predicted octanol–water partition coefficient (Wildman–Crippen LogP) is 2.79. The van der Waals surface area contributed by atoms with Gasteiger partial charge in [-0.05, 0) is 49.2 Å². The Morgan fingerprint density at radius 3 is 2.19 bits per heavy atom. The Labute approximate surface area is 123 Å². The van der Waals surface area contributed by atoms with Gasteiger partial charge in [0.1, 0.15) is 11.5 Å². The maximum absolute atomic E-state index is 11.2. The van der Waals surface area contributed by atoms with E-state index in [4.69, 9.17) is 20.9 Å². The highest BCUT2D eigenvalue weighted by molar-refractivity contribution is 5.93. The average molecular weight is 286 g/mol. The molecule has 0 radical (unpaired) electrons. The zero-order valence-electron chi connectivity index (χ0n) is 12.3. The minimum absolute atomic E-state index is 0.458. The lowest BCUT2D eigenvalue weighted by Gasteiger charge is -2.15. The van der Waals surface area contributed by atoms with Gasteiger partial charge in [-0.25, -0.2) is 0 Å². The van der Waals surface area contributed by atoms with E-state index in [9.17, 15) is 4.79 Å². The number of rotatable bonds is 4. The van der Waals surface area contributed by atoms with Crippen molar-refractivity contribution in [2.24, 2.45) is 5.73 Å². The maximum Gasteiger partial charge on any atom is 0.248 e. The summed E-state index contributed by atoms with van der Waals surface area (Å²) in [4.78, 5) is 11.2. The minimum Gasteiger partial charge on any atom is -0.497 e. The lowest BCUT2D eigenvalue weighted by molar-refractivity contribution is 0.1000. The van der Waals surface area contributed by atoms with Crippen molar-refractivity contribution >= 4 is 11.6 Å². The Kier molecular flexibility index (Phi) is 4.03. The number of aryl methyl sites for hydroxylation is 2. The molecule has 2 aromatic rings. The molecule has 0 aliphatic carbocycles. The fourth-order valence-corrected chi connectivity index (χ4v) is 2.11. The Bertz CT molecular complexity index is 673. The van der Waals surface area contributed by atoms with Crippen molar-refractivity contribution in [2.75, 3.05) is 12.8 Å². The molecule has 5 heteroatoms. The molecule has 0 aliphatic heterocycles. The molecule has 0 saturated carbocycles. The summed E-state index contributed by atoms with van der Waals surface area (Å²) in [6.07, 6.45) is 0. The van der Waals surface area contributed by atoms with Crippen LogP contribution in [0, 0.1) is 13.8 Å². The minimum atomic E-state index is -0.461. The highest BCUT2D eigenvalue weighted by atomic mass is 16.5. The highest BCUT2D eigenvalue weighted by Gasteiger charge is 2.12. The van der Waals surface area contributed by atoms with Crippen LogP contribution in [0.5, 0.6) is 17.2 Å². The summed E-state index contributed by atoms with van der Waals surface area (Å²) in [5, 5.41) is 0. The lowest BCUT2D eigenvalue weighted by atomic mass is 10.1. The van der Waals surface area contributed by atoms with Crippen LogP contribution in [-0.2, 0) is 0 Å². The largest absolute Gasteiger partial charge is 0.497 e. The van der Waals surface area contributed by atoms with E-state index in [2.05, 4.69) is 0 Å². The van der Waals surface area contributed by atoms with Crippen molar-refractivity contribution < 1.29 is 14.3 Å². The molecule has 0 spiro atoms. The van der Waals surface area contributed by atoms with Crippen molar-refractivity contribution in [1.82, 2.24) is 0 Å². The fraction of sp³-hybridized carbons (Fsp3) is 0.188. The topological polar surface area (TPSA) is 87.6 Å². The first-order valence-electron chi connectivity index (χ1n) is 6.44. The van der Waals surface area contributed by atoms with E-state index in [0.717, 1.165) is 11.1 Å². The molecular weight excluding hydrogens is 268 g/mol. The monoisotopic (exact) mass is 286 g/mol. The lowest BCUT2D eigenvalue weighted by Crippen LogP contribution is -2.11. The molecule has 5 nitrogen and oxygen atoms in total. The number of nitrogens with two attached hydrogens (primary N) is 2. The third kappa shape index (κ3) is 3.08. The summed E-state index contributed by atoms with van der Waals surface area (Å²) in [5.74, 6) is 1.40. The normalized spacial score (nSPS) is 10.2. The van der Waals surface area contributed by atoms with Gasteiger partial charge in [0, 0.05) is 11.6 Å². The van der Waals surface area contributed by atoms with E-state index in [1.165, 1.54) is 0 Å². The standard InChI is InChI=1S/C16H18N2O3/c1-9-6-11(16(18)19)7-10(2)15(9)21-14-5-4-12(20-3)8-13(14)17/h4-8H,17H2,1-3H3,(H2,18,19). The number of hydrogen-bond acceptors (Lipinski definition) is 4. The summed E-state index contributed by atoms with van der Waals surface area (Å²) in [5.41, 5.74) is 13.8. The molecule has 21 heavy (non-hydrogen) atoms. The van der Waals surface area contributed by atoms with Gasteiger partial charge >= 0.3 is 0 Å². The molecule has 1 amide bonds. The highest BCUT2D eigenvalue weighted by Crippen LogP contribution is 2.34. The Hall–Kier alpha value is -2.69. The number of hydrogen-bond donors (Lipinski definition) is 2. The summed E-state index contributed by atoms with van der Waals surface area (Å²) in [6.45, 7) is 3.71. The summed E-state index contributed by atoms with van der Waals surface area (Å²) in [7, 11) is 1.58. The molecule has 0 aliphatic rings. The fourth-order valence-electron chi connectivity index (χ4n) is 2.11. The van der Waals surface area contributed by atoms with Gasteiger partial charge in [-0.15, -0.1) is 0 Å². The van der Waals surface area contributed by atoms with Gasteiger partial charge < -0.3 is 20.9 Å². The van der Waals surface area contributed by atoms with Gasteiger partial charge in [-0.2, -0.15) is 0 Å². The van der Waals surface area contributed by atoms with Crippen LogP contribution in [0.1, 0.15) is 21.5 Å². The quantitative estimate of drug-likeness (QED) is 0.846. The molecule has 2 rings (SSSR count). The number of methoxy groups -OCH3 is 1. The van der Waals surface area contributed by atoms with E-state index in [0.29, 0.717) is 28.5 Å². The van der Waals surface area contributed by atoms with Crippen LogP contribution in [0.15, 0.2) is 30.3 Å². The van der Waals surface area contributed by atoms with Crippen LogP contribution < -0.4 is 20.9 Å². The molecule has 0 bridgehead atoms. The van der Waals surface area contributed by atoms with Crippen LogP contribution in [0.25, 0.3) is 0 Å². The van der Waals surface area contributed by atoms with Crippen LogP contribution in [0.2, 0.25) is 0 Å². The summed E-state index contributed by atoms with van der Waals surface area (Å²) < 4.78 is 11.0. The number of anilines is 1. The molecule has 0 atom stereocenters. The third-order valence-corrected chi connectivity index (χ3v) is 3.17. The van der Waals surface area contributed by atoms with Crippen molar-refractivity contribution in [3.05, 3.63) is 47.0 Å². The average Bonchev–Trinajstić information content (AvgIpc) is 2.43. The summed E-state index contributed by atoms with van der Waals surface area (Å²) >= 11 is 0. The molecular formula is C16H18N2O3. The first-order valence-corrected chi connectivity index (χ1v) is 6.44. The zero-order valence-corrected chi connectivity index (χ0v) is 12.3. The second-order valence-corrected chi connectivity index (χ2v) is 4.81. The number of ether oxygens (including phenoxy) is 2. The third-order valence-electron chi connectivity index (χ3n) is 3.17. The van der Waals surface area contributed by atoms with Crippen LogP contribution in [-0.4, -0.2) is 13.0 Å². The number of nitrogen functional groups attached to an aromatic ring is 1. The number of amides is 1. The molecule has 0 unspecified atom stereocenters. The van der Waals surface area contributed by atoms with Crippen molar-refractivity contribution in [2.45, 2.75) is 13.8 Å². The number of carbonyl (C=O) groups is 1. The van der Waals surface area contributed by atoms with E-state index >= 15 is 0 Å². The van der Waals surface area contributed by atoms with Gasteiger partial charge in [0.25, 0.3) is 0 Å².